The Morgan fingerprint density at radius 1 is 1.17 bits per heavy atom. The van der Waals surface area contributed by atoms with E-state index in [0.717, 1.165) is 17.9 Å². The third-order valence-corrected chi connectivity index (χ3v) is 1.88. The van der Waals surface area contributed by atoms with E-state index < -0.39 is 0 Å². The van der Waals surface area contributed by atoms with Gasteiger partial charge in [0.1, 0.15) is 11.5 Å². The quantitative estimate of drug-likeness (QED) is 0.627. The summed E-state index contributed by atoms with van der Waals surface area (Å²) in [6.07, 6.45) is 6.77. The Labute approximate surface area is 73.2 Å². The first-order chi connectivity index (χ1) is 5.77. The lowest BCUT2D eigenvalue weighted by molar-refractivity contribution is 0.299. The van der Waals surface area contributed by atoms with Crippen molar-refractivity contribution in [2.24, 2.45) is 0 Å². The second-order valence-electron chi connectivity index (χ2n) is 2.70. The van der Waals surface area contributed by atoms with Crippen LogP contribution in [0.15, 0.2) is 35.3 Å². The predicted molar refractivity (Wildman–Crippen MR) is 48.6 cm³/mol. The molecule has 0 saturated carbocycles. The van der Waals surface area contributed by atoms with Gasteiger partial charge in [0.2, 0.25) is 0 Å². The van der Waals surface area contributed by atoms with Crippen molar-refractivity contribution in [2.45, 2.75) is 13.3 Å². The van der Waals surface area contributed by atoms with Crippen LogP contribution in [0, 0.1) is 0 Å². The normalized spacial score (nSPS) is 17.1. The first kappa shape index (κ1) is 8.91. The van der Waals surface area contributed by atoms with E-state index >= 15 is 0 Å². The monoisotopic (exact) mass is 166 g/mol. The summed E-state index contributed by atoms with van der Waals surface area (Å²) in [5.41, 5.74) is 1.22. The molecule has 2 nitrogen and oxygen atoms in total. The molecule has 2 heteroatoms. The molecule has 1 aliphatic rings. The highest BCUT2D eigenvalue weighted by molar-refractivity contribution is 5.30. The summed E-state index contributed by atoms with van der Waals surface area (Å²) in [5.74, 6) is 1.82. The van der Waals surface area contributed by atoms with Crippen molar-refractivity contribution < 1.29 is 9.47 Å². The van der Waals surface area contributed by atoms with E-state index in [9.17, 15) is 0 Å². The molecule has 0 aromatic heterocycles. The van der Waals surface area contributed by atoms with Gasteiger partial charge < -0.3 is 9.47 Å². The molecule has 0 heterocycles. The van der Waals surface area contributed by atoms with E-state index in [2.05, 4.69) is 6.92 Å². The molecule has 1 aliphatic carbocycles. The van der Waals surface area contributed by atoms with Crippen molar-refractivity contribution in [3.8, 4) is 0 Å². The highest BCUT2D eigenvalue weighted by Gasteiger charge is 2.02. The van der Waals surface area contributed by atoms with Gasteiger partial charge in [-0.25, -0.2) is 0 Å². The van der Waals surface area contributed by atoms with Gasteiger partial charge in [0.05, 0.1) is 14.2 Å². The summed E-state index contributed by atoms with van der Waals surface area (Å²) in [6.45, 7) is 2.05. The van der Waals surface area contributed by atoms with Crippen LogP contribution in [0.5, 0.6) is 0 Å². The summed E-state index contributed by atoms with van der Waals surface area (Å²) < 4.78 is 10.3. The molecule has 0 spiro atoms. The summed E-state index contributed by atoms with van der Waals surface area (Å²) >= 11 is 0. The molecule has 66 valence electrons. The Hall–Kier alpha value is -1.18. The van der Waals surface area contributed by atoms with E-state index in [0.29, 0.717) is 0 Å². The molecule has 12 heavy (non-hydrogen) atoms. The molecule has 0 fully saturated rings. The van der Waals surface area contributed by atoms with Gasteiger partial charge in [0.15, 0.2) is 0 Å². The Morgan fingerprint density at radius 3 is 2.50 bits per heavy atom. The average Bonchev–Trinajstić information content (AvgIpc) is 2.27. The van der Waals surface area contributed by atoms with Crippen molar-refractivity contribution in [1.29, 1.82) is 0 Å². The van der Waals surface area contributed by atoms with Gasteiger partial charge in [-0.2, -0.15) is 0 Å². The largest absolute Gasteiger partial charge is 0.497 e. The molecule has 0 bridgehead atoms. The minimum Gasteiger partial charge on any atom is -0.497 e. The first-order valence-corrected chi connectivity index (χ1v) is 3.94. The minimum atomic E-state index is 0.888. The zero-order valence-corrected chi connectivity index (χ0v) is 7.76. The zero-order valence-electron chi connectivity index (χ0n) is 7.76. The van der Waals surface area contributed by atoms with Gasteiger partial charge in [-0.3, -0.25) is 0 Å². The summed E-state index contributed by atoms with van der Waals surface area (Å²) in [6, 6.07) is 0. The van der Waals surface area contributed by atoms with E-state index in [1.807, 2.05) is 18.2 Å². The molecule has 0 N–H and O–H groups in total. The fourth-order valence-corrected chi connectivity index (χ4v) is 1.12. The maximum absolute atomic E-state index is 5.18. The van der Waals surface area contributed by atoms with Crippen molar-refractivity contribution in [1.82, 2.24) is 0 Å². The number of ether oxygens (including phenoxy) is 2. The molecule has 0 radical (unpaired) electrons. The zero-order chi connectivity index (χ0) is 8.97. The van der Waals surface area contributed by atoms with Gasteiger partial charge >= 0.3 is 0 Å². The standard InChI is InChI=1S/C10H14O2/c1-8-4-5-9(11-2)6-7-10(8)12-3/h5-7H,4H2,1-3H3. The number of hydrogen-bond acceptors (Lipinski definition) is 2. The molecule has 0 aromatic carbocycles. The summed E-state index contributed by atoms with van der Waals surface area (Å²) in [5, 5.41) is 0. The highest BCUT2D eigenvalue weighted by atomic mass is 16.5. The van der Waals surface area contributed by atoms with Crippen LogP contribution in [0.3, 0.4) is 0 Å². The molecular weight excluding hydrogens is 152 g/mol. The smallest absolute Gasteiger partial charge is 0.118 e. The van der Waals surface area contributed by atoms with Crippen LogP contribution in [-0.4, -0.2) is 14.2 Å². The maximum atomic E-state index is 5.18. The van der Waals surface area contributed by atoms with Gasteiger partial charge in [-0.1, -0.05) is 0 Å². The molecule has 0 saturated heterocycles. The Bertz CT molecular complexity index is 247. The number of allylic oxidation sites excluding steroid dienone is 4. The van der Waals surface area contributed by atoms with Crippen LogP contribution >= 0.6 is 0 Å². The molecule has 0 unspecified atom stereocenters. The van der Waals surface area contributed by atoms with Gasteiger partial charge in [-0.15, -0.1) is 0 Å². The fourth-order valence-electron chi connectivity index (χ4n) is 1.12. The lowest BCUT2D eigenvalue weighted by atomic mass is 10.2. The van der Waals surface area contributed by atoms with Crippen molar-refractivity contribution in [3.05, 3.63) is 35.3 Å². The summed E-state index contributed by atoms with van der Waals surface area (Å²) in [4.78, 5) is 0. The number of methoxy groups -OCH3 is 2. The van der Waals surface area contributed by atoms with Crippen LogP contribution in [0.4, 0.5) is 0 Å². The maximum Gasteiger partial charge on any atom is 0.118 e. The summed E-state index contributed by atoms with van der Waals surface area (Å²) in [7, 11) is 3.35. The van der Waals surface area contributed by atoms with Crippen LogP contribution in [0.25, 0.3) is 0 Å². The highest BCUT2D eigenvalue weighted by Crippen LogP contribution is 2.17. The van der Waals surface area contributed by atoms with Crippen molar-refractivity contribution in [3.63, 3.8) is 0 Å². The Kier molecular flexibility index (Phi) is 2.97. The van der Waals surface area contributed by atoms with Gasteiger partial charge in [0, 0.05) is 0 Å². The lowest BCUT2D eigenvalue weighted by Gasteiger charge is -2.02. The third kappa shape index (κ3) is 1.91. The Balaban J connectivity index is 2.82. The SMILES string of the molecule is COC1=CCC(C)=C(OC)C=C1. The van der Waals surface area contributed by atoms with Gasteiger partial charge in [0.25, 0.3) is 0 Å². The second kappa shape index (κ2) is 4.00. The lowest BCUT2D eigenvalue weighted by Crippen LogP contribution is -1.85. The number of hydrogen-bond donors (Lipinski definition) is 0. The van der Waals surface area contributed by atoms with E-state index in [-0.39, 0.29) is 0 Å². The van der Waals surface area contributed by atoms with Crippen molar-refractivity contribution >= 4 is 0 Å². The topological polar surface area (TPSA) is 18.5 Å². The number of rotatable bonds is 2. The van der Waals surface area contributed by atoms with Crippen LogP contribution in [0.2, 0.25) is 0 Å². The van der Waals surface area contributed by atoms with E-state index in [4.69, 9.17) is 9.47 Å². The van der Waals surface area contributed by atoms with E-state index in [1.54, 1.807) is 14.2 Å². The van der Waals surface area contributed by atoms with Crippen LogP contribution in [0.1, 0.15) is 13.3 Å². The minimum absolute atomic E-state index is 0.888. The molecule has 0 atom stereocenters. The molecule has 0 amide bonds. The second-order valence-corrected chi connectivity index (χ2v) is 2.70. The molecule has 0 aliphatic heterocycles. The van der Waals surface area contributed by atoms with Crippen LogP contribution in [-0.2, 0) is 9.47 Å². The molecular formula is C10H14O2. The predicted octanol–water partition coefficient (Wildman–Crippen LogP) is 2.40. The van der Waals surface area contributed by atoms with Crippen LogP contribution < -0.4 is 0 Å². The fraction of sp³-hybridized carbons (Fsp3) is 0.400. The third-order valence-electron chi connectivity index (χ3n) is 1.88. The van der Waals surface area contributed by atoms with E-state index in [1.165, 1.54) is 5.57 Å². The Morgan fingerprint density at radius 2 is 1.92 bits per heavy atom. The first-order valence-electron chi connectivity index (χ1n) is 3.94. The molecule has 1 rings (SSSR count). The van der Waals surface area contributed by atoms with Gasteiger partial charge in [-0.05, 0) is 37.1 Å². The van der Waals surface area contributed by atoms with Crippen molar-refractivity contribution in [2.75, 3.05) is 14.2 Å². The average molecular weight is 166 g/mol. The molecule has 0 aromatic rings.